The van der Waals surface area contributed by atoms with Crippen LogP contribution in [0.15, 0.2) is 0 Å². The highest BCUT2D eigenvalue weighted by molar-refractivity contribution is 3.94. The summed E-state index contributed by atoms with van der Waals surface area (Å²) in [5, 5.41) is 8.39. The Hall–Kier alpha value is -0.120. The molecule has 0 amide bonds. The van der Waals surface area contributed by atoms with Gasteiger partial charge in [-0.25, -0.2) is 5.21 Å². The summed E-state index contributed by atoms with van der Waals surface area (Å²) in [5.74, 6) is 0. The van der Waals surface area contributed by atoms with E-state index in [1.807, 2.05) is 20.8 Å². The quantitative estimate of drug-likeness (QED) is 0.526. The molecule has 0 aliphatic heterocycles. The normalized spacial score (nSPS) is 7.20. The van der Waals surface area contributed by atoms with Crippen molar-refractivity contribution in [1.29, 1.82) is 0 Å². The number of hydroxylamine groups is 2. The smallest absolute Gasteiger partial charge is 0.0963 e. The molecule has 0 heterocycles. The minimum atomic E-state index is 0.417. The summed E-state index contributed by atoms with van der Waals surface area (Å²) in [7, 11) is 4.96. The molecule has 0 aromatic rings. The number of quaternary nitrogens is 1. The molecule has 0 fully saturated rings. The summed E-state index contributed by atoms with van der Waals surface area (Å²) >= 11 is 0. The average Bonchev–Trinajstić information content (AvgIpc) is 1.91. The predicted molar refractivity (Wildman–Crippen MR) is 43.5 cm³/mol. The molecule has 0 radical (unpaired) electrons. The highest BCUT2D eigenvalue weighted by Crippen LogP contribution is 1.52. The van der Waals surface area contributed by atoms with Crippen LogP contribution in [0.3, 0.4) is 0 Å². The molecule has 3 heteroatoms. The fourth-order valence-electron chi connectivity index (χ4n) is 0. The van der Waals surface area contributed by atoms with Gasteiger partial charge in [0.15, 0.2) is 0 Å². The van der Waals surface area contributed by atoms with Gasteiger partial charge in [0.25, 0.3) is 0 Å². The molecule has 0 aliphatic carbocycles. The first-order valence-corrected chi connectivity index (χ1v) is 3.63. The summed E-state index contributed by atoms with van der Waals surface area (Å²) in [6, 6.07) is 0. The third-order valence-corrected chi connectivity index (χ3v) is 0.289. The summed E-state index contributed by atoms with van der Waals surface area (Å²) in [4.78, 5) is 0. The van der Waals surface area contributed by atoms with Crippen molar-refractivity contribution >= 4 is 0 Å². The summed E-state index contributed by atoms with van der Waals surface area (Å²) < 4.78 is 4.54. The molecule has 0 unspecified atom stereocenters. The number of nitrogens with one attached hydrogen (secondary N) is 1. The van der Waals surface area contributed by atoms with Gasteiger partial charge in [-0.05, 0) is 6.92 Å². The van der Waals surface area contributed by atoms with Gasteiger partial charge in [0.1, 0.15) is 0 Å². The maximum absolute atomic E-state index is 7.97. The summed E-state index contributed by atoms with van der Waals surface area (Å²) in [6.07, 6.45) is 0. The van der Waals surface area contributed by atoms with E-state index in [4.69, 9.17) is 5.21 Å². The minimum absolute atomic E-state index is 0.417. The zero-order valence-electron chi connectivity index (χ0n) is 8.06. The van der Waals surface area contributed by atoms with Crippen LogP contribution in [0.1, 0.15) is 20.8 Å². The van der Waals surface area contributed by atoms with Crippen LogP contribution < -0.4 is 5.06 Å². The second kappa shape index (κ2) is 23.2. The molecule has 3 nitrogen and oxygen atoms in total. The van der Waals surface area contributed by atoms with E-state index >= 15 is 0 Å². The lowest BCUT2D eigenvalue weighted by Gasteiger charge is -1.84. The van der Waals surface area contributed by atoms with Gasteiger partial charge >= 0.3 is 0 Å². The predicted octanol–water partition coefficient (Wildman–Crippen LogP) is 0.199. The average molecular weight is 152 g/mol. The van der Waals surface area contributed by atoms with E-state index in [0.717, 1.165) is 6.61 Å². The standard InChI is InChI=1S/C3H8O.C2H7NO.C2H6/c1-3-4-2;1-3(2)4;1-2/h3H2,1-2H3;4H,1-2H3;1-2H3/p+1. The zero-order chi connectivity index (χ0) is 8.99. The third kappa shape index (κ3) is 482. The number of rotatable bonds is 1. The van der Waals surface area contributed by atoms with Crippen molar-refractivity contribution in [3.05, 3.63) is 0 Å². The zero-order valence-corrected chi connectivity index (χ0v) is 8.06. The van der Waals surface area contributed by atoms with Crippen LogP contribution in [0, 0.1) is 0 Å². The largest absolute Gasteiger partial charge is 0.385 e. The van der Waals surface area contributed by atoms with Crippen LogP contribution in [-0.2, 0) is 4.74 Å². The van der Waals surface area contributed by atoms with Crippen LogP contribution >= 0.6 is 0 Å². The van der Waals surface area contributed by atoms with Crippen molar-refractivity contribution in [3.8, 4) is 0 Å². The second-order valence-electron chi connectivity index (χ2n) is 1.52. The molecule has 0 aromatic heterocycles. The monoisotopic (exact) mass is 152 g/mol. The number of hydrogen-bond acceptors (Lipinski definition) is 2. The third-order valence-electron chi connectivity index (χ3n) is 0.289. The molecule has 0 saturated heterocycles. The number of methoxy groups -OCH3 is 1. The highest BCUT2D eigenvalue weighted by Gasteiger charge is 1.64. The Labute approximate surface area is 64.6 Å². The molecule has 0 saturated carbocycles. The van der Waals surface area contributed by atoms with Gasteiger partial charge in [-0.2, -0.15) is 5.06 Å². The van der Waals surface area contributed by atoms with Crippen molar-refractivity contribution in [2.45, 2.75) is 20.8 Å². The molecular weight excluding hydrogens is 130 g/mol. The van der Waals surface area contributed by atoms with Gasteiger partial charge in [-0.3, -0.25) is 0 Å². The molecule has 0 aromatic carbocycles. The second-order valence-corrected chi connectivity index (χ2v) is 1.52. The van der Waals surface area contributed by atoms with E-state index < -0.39 is 0 Å². The van der Waals surface area contributed by atoms with Crippen LogP contribution in [0.4, 0.5) is 0 Å². The van der Waals surface area contributed by atoms with Crippen LogP contribution in [0.2, 0.25) is 0 Å². The maximum atomic E-state index is 7.97. The molecular formula is C7H22NO2+. The van der Waals surface area contributed by atoms with Crippen molar-refractivity contribution in [2.75, 3.05) is 27.8 Å². The van der Waals surface area contributed by atoms with Gasteiger partial charge < -0.3 is 4.74 Å². The van der Waals surface area contributed by atoms with Crippen LogP contribution in [0.25, 0.3) is 0 Å². The Morgan fingerprint density at radius 1 is 1.30 bits per heavy atom. The minimum Gasteiger partial charge on any atom is -0.385 e. The van der Waals surface area contributed by atoms with E-state index in [-0.39, 0.29) is 0 Å². The SMILES string of the molecule is CC.CCOC.C[NH+](C)O. The Kier molecular flexibility index (Phi) is 38.1. The lowest BCUT2D eigenvalue weighted by molar-refractivity contribution is -1.06. The van der Waals surface area contributed by atoms with Crippen molar-refractivity contribution in [2.24, 2.45) is 0 Å². The number of hydrogen-bond donors (Lipinski definition) is 2. The first-order chi connectivity index (χ1) is 4.65. The number of ether oxygens (including phenoxy) is 1. The molecule has 66 valence electrons. The lowest BCUT2D eigenvalue weighted by atomic mass is 10.9. The molecule has 2 N–H and O–H groups in total. The molecule has 0 aliphatic rings. The fourth-order valence-corrected chi connectivity index (χ4v) is 0. The van der Waals surface area contributed by atoms with Gasteiger partial charge in [0.05, 0.1) is 14.1 Å². The Bertz CT molecular complexity index is 28.0. The van der Waals surface area contributed by atoms with Gasteiger partial charge in [-0.1, -0.05) is 13.8 Å². The first kappa shape index (κ1) is 16.5. The molecule has 0 rings (SSSR count). The maximum Gasteiger partial charge on any atom is 0.0963 e. The van der Waals surface area contributed by atoms with Gasteiger partial charge in [-0.15, -0.1) is 0 Å². The van der Waals surface area contributed by atoms with Gasteiger partial charge in [0.2, 0.25) is 0 Å². The molecule has 10 heavy (non-hydrogen) atoms. The van der Waals surface area contributed by atoms with Crippen molar-refractivity contribution < 1.29 is 15.0 Å². The fraction of sp³-hybridized carbons (Fsp3) is 1.00. The van der Waals surface area contributed by atoms with E-state index in [0.29, 0.717) is 5.06 Å². The summed E-state index contributed by atoms with van der Waals surface area (Å²) in [6.45, 7) is 6.78. The van der Waals surface area contributed by atoms with E-state index in [9.17, 15) is 0 Å². The Balaban J connectivity index is -0.0000000787. The first-order valence-electron chi connectivity index (χ1n) is 3.63. The van der Waals surface area contributed by atoms with Crippen LogP contribution in [0.5, 0.6) is 0 Å². The van der Waals surface area contributed by atoms with E-state index in [1.165, 1.54) is 0 Å². The lowest BCUT2D eigenvalue weighted by Crippen LogP contribution is -3.02. The van der Waals surface area contributed by atoms with Crippen molar-refractivity contribution in [1.82, 2.24) is 0 Å². The van der Waals surface area contributed by atoms with Crippen LogP contribution in [-0.4, -0.2) is 33.0 Å². The molecule has 0 spiro atoms. The summed E-state index contributed by atoms with van der Waals surface area (Å²) in [5.41, 5.74) is 0. The highest BCUT2D eigenvalue weighted by atomic mass is 16.5. The van der Waals surface area contributed by atoms with E-state index in [1.54, 1.807) is 21.2 Å². The molecule has 0 atom stereocenters. The van der Waals surface area contributed by atoms with Crippen molar-refractivity contribution in [3.63, 3.8) is 0 Å². The van der Waals surface area contributed by atoms with Gasteiger partial charge in [0, 0.05) is 13.7 Å². The Morgan fingerprint density at radius 2 is 1.40 bits per heavy atom. The molecule has 0 bridgehead atoms. The van der Waals surface area contributed by atoms with E-state index in [2.05, 4.69) is 4.74 Å². The topological polar surface area (TPSA) is 33.9 Å². The Morgan fingerprint density at radius 3 is 1.40 bits per heavy atom.